The third-order valence-electron chi connectivity index (χ3n) is 2.00. The predicted octanol–water partition coefficient (Wildman–Crippen LogP) is 0.620. The molecule has 1 unspecified atom stereocenters. The van der Waals surface area contributed by atoms with Gasteiger partial charge in [0.25, 0.3) is 0 Å². The molecule has 1 aromatic rings. The second-order valence-corrected chi connectivity index (χ2v) is 3.34. The normalized spacial score (nSPS) is 20.3. The van der Waals surface area contributed by atoms with Crippen molar-refractivity contribution in [3.05, 3.63) is 18.1 Å². The van der Waals surface area contributed by atoms with Crippen LogP contribution in [0, 0.1) is 6.92 Å². The molecule has 2 heterocycles. The van der Waals surface area contributed by atoms with E-state index in [1.165, 1.54) is 0 Å². The lowest BCUT2D eigenvalue weighted by Gasteiger charge is -2.17. The maximum atomic E-state index is 5.58. The Kier molecular flexibility index (Phi) is 2.32. The number of guanidine groups is 2. The Bertz CT molecular complexity index is 420. The molecule has 0 saturated carbocycles. The number of nitrogens with zero attached hydrogens (tertiary/aromatic N) is 2. The summed E-state index contributed by atoms with van der Waals surface area (Å²) in [5.41, 5.74) is 7.45. The highest BCUT2D eigenvalue weighted by Gasteiger charge is 2.12. The summed E-state index contributed by atoms with van der Waals surface area (Å²) in [4.78, 5) is 8.25. The van der Waals surface area contributed by atoms with E-state index in [0.29, 0.717) is 11.9 Å². The molecule has 6 heteroatoms. The molecule has 0 spiro atoms. The van der Waals surface area contributed by atoms with Crippen LogP contribution in [-0.4, -0.2) is 18.1 Å². The molecule has 6 nitrogen and oxygen atoms in total. The molecule has 0 aliphatic carbocycles. The molecule has 0 saturated heterocycles. The maximum absolute atomic E-state index is 5.58. The van der Waals surface area contributed by atoms with Crippen LogP contribution in [0.25, 0.3) is 0 Å². The zero-order valence-corrected chi connectivity index (χ0v) is 8.61. The molecule has 80 valence electrons. The lowest BCUT2D eigenvalue weighted by Crippen LogP contribution is -2.44. The molecule has 0 amide bonds. The number of furan rings is 1. The Labute approximate surface area is 87.3 Å². The van der Waals surface area contributed by atoms with Crippen molar-refractivity contribution in [3.63, 3.8) is 0 Å². The van der Waals surface area contributed by atoms with Crippen LogP contribution in [0.4, 0.5) is 5.69 Å². The van der Waals surface area contributed by atoms with Crippen LogP contribution in [0.1, 0.15) is 12.5 Å². The van der Waals surface area contributed by atoms with Gasteiger partial charge in [-0.3, -0.25) is 5.32 Å². The van der Waals surface area contributed by atoms with Gasteiger partial charge in [-0.2, -0.15) is 0 Å². The SMILES string of the molecule is Cc1cocc1NC1=NC(C)N=C(N)N1. The topological polar surface area (TPSA) is 87.9 Å². The molecule has 1 aliphatic rings. The van der Waals surface area contributed by atoms with E-state index in [2.05, 4.69) is 20.6 Å². The minimum atomic E-state index is -0.166. The summed E-state index contributed by atoms with van der Waals surface area (Å²) in [7, 11) is 0. The molecule has 4 N–H and O–H groups in total. The van der Waals surface area contributed by atoms with Crippen LogP contribution in [0.5, 0.6) is 0 Å². The fourth-order valence-corrected chi connectivity index (χ4v) is 1.28. The third-order valence-corrected chi connectivity index (χ3v) is 2.00. The largest absolute Gasteiger partial charge is 0.470 e. The van der Waals surface area contributed by atoms with Crippen molar-refractivity contribution in [1.29, 1.82) is 0 Å². The lowest BCUT2D eigenvalue weighted by molar-refractivity contribution is 0.566. The minimum absolute atomic E-state index is 0.166. The van der Waals surface area contributed by atoms with Gasteiger partial charge in [-0.05, 0) is 13.8 Å². The zero-order chi connectivity index (χ0) is 10.8. The maximum Gasteiger partial charge on any atom is 0.204 e. The standard InChI is InChI=1S/C9H13N5O/c1-5-3-15-4-7(5)13-9-12-6(2)11-8(10)14-9/h3-4,6H,1-2H3,(H4,10,11,12,13,14). The van der Waals surface area contributed by atoms with Crippen molar-refractivity contribution in [2.45, 2.75) is 20.0 Å². The molecule has 1 aliphatic heterocycles. The molecule has 2 rings (SSSR count). The summed E-state index contributed by atoms with van der Waals surface area (Å²) in [6.45, 7) is 3.80. The lowest BCUT2D eigenvalue weighted by atomic mass is 10.3. The first-order valence-corrected chi connectivity index (χ1v) is 4.63. The van der Waals surface area contributed by atoms with Gasteiger partial charge < -0.3 is 15.5 Å². The molecule has 15 heavy (non-hydrogen) atoms. The van der Waals surface area contributed by atoms with E-state index < -0.39 is 0 Å². The number of aryl methyl sites for hydroxylation is 1. The van der Waals surface area contributed by atoms with E-state index in [-0.39, 0.29) is 6.17 Å². The van der Waals surface area contributed by atoms with E-state index in [4.69, 9.17) is 10.2 Å². The molecular formula is C9H13N5O. The summed E-state index contributed by atoms with van der Waals surface area (Å²) in [6, 6.07) is 0. The van der Waals surface area contributed by atoms with Crippen LogP contribution < -0.4 is 16.4 Å². The Balaban J connectivity index is 2.11. The molecule has 0 aromatic carbocycles. The van der Waals surface area contributed by atoms with Crippen molar-refractivity contribution in [2.75, 3.05) is 5.32 Å². The Morgan fingerprint density at radius 1 is 1.47 bits per heavy atom. The van der Waals surface area contributed by atoms with Crippen LogP contribution in [-0.2, 0) is 0 Å². The van der Waals surface area contributed by atoms with Gasteiger partial charge in [0, 0.05) is 5.56 Å². The predicted molar refractivity (Wildman–Crippen MR) is 58.7 cm³/mol. The van der Waals surface area contributed by atoms with Crippen molar-refractivity contribution >= 4 is 17.6 Å². The van der Waals surface area contributed by atoms with E-state index in [1.54, 1.807) is 12.5 Å². The van der Waals surface area contributed by atoms with Crippen LogP contribution in [0.2, 0.25) is 0 Å². The highest BCUT2D eigenvalue weighted by Crippen LogP contribution is 2.15. The van der Waals surface area contributed by atoms with Crippen molar-refractivity contribution in [3.8, 4) is 0 Å². The first-order valence-electron chi connectivity index (χ1n) is 4.63. The van der Waals surface area contributed by atoms with Gasteiger partial charge in [0.2, 0.25) is 5.96 Å². The van der Waals surface area contributed by atoms with Gasteiger partial charge in [0.1, 0.15) is 12.4 Å². The number of rotatable bonds is 1. The summed E-state index contributed by atoms with van der Waals surface area (Å²) < 4.78 is 5.03. The van der Waals surface area contributed by atoms with Crippen molar-refractivity contribution in [1.82, 2.24) is 5.32 Å². The van der Waals surface area contributed by atoms with Crippen molar-refractivity contribution < 1.29 is 4.42 Å². The monoisotopic (exact) mass is 207 g/mol. The average Bonchev–Trinajstić information content (AvgIpc) is 2.50. The number of anilines is 1. The smallest absolute Gasteiger partial charge is 0.204 e. The van der Waals surface area contributed by atoms with Gasteiger partial charge in [-0.25, -0.2) is 9.98 Å². The highest BCUT2D eigenvalue weighted by molar-refractivity contribution is 6.06. The number of nitrogens with two attached hydrogens (primary N) is 1. The van der Waals surface area contributed by atoms with E-state index in [0.717, 1.165) is 11.3 Å². The first kappa shape index (κ1) is 9.57. The van der Waals surface area contributed by atoms with Crippen molar-refractivity contribution in [2.24, 2.45) is 15.7 Å². The van der Waals surface area contributed by atoms with Gasteiger partial charge in [-0.15, -0.1) is 0 Å². The highest BCUT2D eigenvalue weighted by atomic mass is 16.3. The number of aliphatic imine (C=N–C) groups is 2. The number of hydrogen-bond donors (Lipinski definition) is 3. The fraction of sp³-hybridized carbons (Fsp3) is 0.333. The number of hydrogen-bond acceptors (Lipinski definition) is 6. The third kappa shape index (κ3) is 2.09. The van der Waals surface area contributed by atoms with Crippen LogP contribution in [0.15, 0.2) is 26.9 Å². The summed E-state index contributed by atoms with van der Waals surface area (Å²) in [6.07, 6.45) is 3.11. The molecule has 0 bridgehead atoms. The molecule has 0 fully saturated rings. The fourth-order valence-electron chi connectivity index (χ4n) is 1.28. The Morgan fingerprint density at radius 3 is 2.87 bits per heavy atom. The summed E-state index contributed by atoms with van der Waals surface area (Å²) in [5.74, 6) is 0.945. The zero-order valence-electron chi connectivity index (χ0n) is 8.61. The molecule has 1 aromatic heterocycles. The minimum Gasteiger partial charge on any atom is -0.470 e. The van der Waals surface area contributed by atoms with Gasteiger partial charge in [-0.1, -0.05) is 0 Å². The molecular weight excluding hydrogens is 194 g/mol. The van der Waals surface area contributed by atoms with Crippen LogP contribution >= 0.6 is 0 Å². The average molecular weight is 207 g/mol. The van der Waals surface area contributed by atoms with E-state index in [9.17, 15) is 0 Å². The quantitative estimate of drug-likeness (QED) is 0.630. The van der Waals surface area contributed by atoms with Crippen LogP contribution in [0.3, 0.4) is 0 Å². The van der Waals surface area contributed by atoms with E-state index >= 15 is 0 Å². The second kappa shape index (κ2) is 3.64. The number of nitrogens with one attached hydrogen (secondary N) is 2. The first-order chi connectivity index (χ1) is 7.15. The van der Waals surface area contributed by atoms with Gasteiger partial charge in [0.15, 0.2) is 5.96 Å². The second-order valence-electron chi connectivity index (χ2n) is 3.34. The summed E-state index contributed by atoms with van der Waals surface area (Å²) >= 11 is 0. The Hall–Kier alpha value is -1.98. The summed E-state index contributed by atoms with van der Waals surface area (Å²) in [5, 5.41) is 5.91. The molecule has 1 atom stereocenters. The van der Waals surface area contributed by atoms with Gasteiger partial charge >= 0.3 is 0 Å². The molecule has 0 radical (unpaired) electrons. The van der Waals surface area contributed by atoms with Gasteiger partial charge in [0.05, 0.1) is 12.0 Å². The van der Waals surface area contributed by atoms with E-state index in [1.807, 2.05) is 13.8 Å². The Morgan fingerprint density at radius 2 is 2.27 bits per heavy atom.